The molecule has 0 fully saturated rings. The van der Waals surface area contributed by atoms with E-state index >= 15 is 0 Å². The second-order valence-electron chi connectivity index (χ2n) is 2.74. The molecule has 2 heterocycles. The van der Waals surface area contributed by atoms with E-state index in [1.54, 1.807) is 23.0 Å². The Balaban J connectivity index is 2.06. The lowest BCUT2D eigenvalue weighted by Gasteiger charge is -2.01. The number of thiophene rings is 1. The fraction of sp³-hybridized carbons (Fsp3) is 0.125. The third-order valence-electron chi connectivity index (χ3n) is 1.69. The van der Waals surface area contributed by atoms with Crippen LogP contribution in [0.25, 0.3) is 0 Å². The van der Waals surface area contributed by atoms with Crippen molar-refractivity contribution in [2.75, 3.05) is 0 Å². The topological polar surface area (TPSA) is 59.1 Å². The van der Waals surface area contributed by atoms with Crippen LogP contribution in [0.2, 0.25) is 0 Å². The lowest BCUT2D eigenvalue weighted by atomic mass is 10.5. The van der Waals surface area contributed by atoms with E-state index in [1.165, 1.54) is 22.7 Å². The van der Waals surface area contributed by atoms with E-state index in [0.717, 1.165) is 5.69 Å². The molecule has 0 atom stereocenters. The molecule has 80 valence electrons. The van der Waals surface area contributed by atoms with E-state index in [2.05, 4.69) is 9.71 Å². The van der Waals surface area contributed by atoms with E-state index in [9.17, 15) is 8.42 Å². The maximum Gasteiger partial charge on any atom is 0.250 e. The van der Waals surface area contributed by atoms with Gasteiger partial charge in [0, 0.05) is 5.38 Å². The van der Waals surface area contributed by atoms with Gasteiger partial charge in [-0.3, -0.25) is 0 Å². The predicted molar refractivity (Wildman–Crippen MR) is 60.5 cm³/mol. The lowest BCUT2D eigenvalue weighted by molar-refractivity contribution is 0.583. The molecular formula is C8H8N2O2S3. The van der Waals surface area contributed by atoms with Crippen LogP contribution in [0, 0.1) is 0 Å². The van der Waals surface area contributed by atoms with Gasteiger partial charge >= 0.3 is 0 Å². The largest absolute Gasteiger partial charge is 0.250 e. The molecule has 2 aromatic heterocycles. The van der Waals surface area contributed by atoms with E-state index < -0.39 is 10.0 Å². The lowest BCUT2D eigenvalue weighted by Crippen LogP contribution is -2.22. The highest BCUT2D eigenvalue weighted by atomic mass is 32.2. The molecule has 0 bridgehead atoms. The number of nitrogens with zero attached hydrogens (tertiary/aromatic N) is 1. The Morgan fingerprint density at radius 2 is 2.33 bits per heavy atom. The Labute approximate surface area is 95.7 Å². The molecule has 1 N–H and O–H groups in total. The van der Waals surface area contributed by atoms with Gasteiger partial charge in [-0.2, -0.15) is 0 Å². The van der Waals surface area contributed by atoms with Crippen molar-refractivity contribution in [1.29, 1.82) is 0 Å². The quantitative estimate of drug-likeness (QED) is 0.910. The molecule has 0 aliphatic carbocycles. The van der Waals surface area contributed by atoms with E-state index in [4.69, 9.17) is 0 Å². The van der Waals surface area contributed by atoms with E-state index in [-0.39, 0.29) is 6.54 Å². The van der Waals surface area contributed by atoms with Gasteiger partial charge < -0.3 is 0 Å². The summed E-state index contributed by atoms with van der Waals surface area (Å²) in [6.07, 6.45) is 0. The Morgan fingerprint density at radius 1 is 1.47 bits per heavy atom. The molecule has 0 spiro atoms. The van der Waals surface area contributed by atoms with E-state index in [1.807, 2.05) is 5.38 Å². The third-order valence-corrected chi connectivity index (χ3v) is 5.12. The first-order chi connectivity index (χ1) is 7.18. The summed E-state index contributed by atoms with van der Waals surface area (Å²) in [6, 6.07) is 3.29. The molecule has 4 nitrogen and oxygen atoms in total. The average molecular weight is 260 g/mol. The van der Waals surface area contributed by atoms with Gasteiger partial charge in [-0.25, -0.2) is 18.1 Å². The number of aromatic nitrogens is 1. The number of nitrogens with one attached hydrogen (secondary N) is 1. The SMILES string of the molecule is O=S(=O)(NCc1cscn1)c1cccs1. The Kier molecular flexibility index (Phi) is 3.15. The van der Waals surface area contributed by atoms with Gasteiger partial charge in [-0.05, 0) is 11.4 Å². The highest BCUT2D eigenvalue weighted by Crippen LogP contribution is 2.15. The van der Waals surface area contributed by atoms with Crippen molar-refractivity contribution < 1.29 is 8.42 Å². The van der Waals surface area contributed by atoms with Gasteiger partial charge in [0.15, 0.2) is 0 Å². The fourth-order valence-corrected chi connectivity index (χ4v) is 3.58. The minimum absolute atomic E-state index is 0.240. The normalized spacial score (nSPS) is 11.7. The number of thiazole rings is 1. The van der Waals surface area contributed by atoms with Crippen molar-refractivity contribution in [3.63, 3.8) is 0 Å². The molecule has 0 aromatic carbocycles. The first-order valence-electron chi connectivity index (χ1n) is 4.09. The van der Waals surface area contributed by atoms with Crippen LogP contribution in [-0.4, -0.2) is 13.4 Å². The van der Waals surface area contributed by atoms with Crippen LogP contribution in [0.15, 0.2) is 32.6 Å². The van der Waals surface area contributed by atoms with Crippen molar-refractivity contribution >= 4 is 32.7 Å². The summed E-state index contributed by atoms with van der Waals surface area (Å²) in [7, 11) is -3.36. The van der Waals surface area contributed by atoms with Crippen LogP contribution in [-0.2, 0) is 16.6 Å². The van der Waals surface area contributed by atoms with Crippen LogP contribution in [0.3, 0.4) is 0 Å². The molecule has 0 radical (unpaired) electrons. The van der Waals surface area contributed by atoms with Gasteiger partial charge in [0.05, 0.1) is 17.7 Å². The summed E-state index contributed by atoms with van der Waals surface area (Å²) in [6.45, 7) is 0.240. The molecule has 0 amide bonds. The number of sulfonamides is 1. The zero-order chi connectivity index (χ0) is 10.7. The van der Waals surface area contributed by atoms with Crippen LogP contribution in [0.4, 0.5) is 0 Å². The highest BCUT2D eigenvalue weighted by molar-refractivity contribution is 7.91. The third kappa shape index (κ3) is 2.63. The predicted octanol–water partition coefficient (Wildman–Crippen LogP) is 1.68. The van der Waals surface area contributed by atoms with Crippen molar-refractivity contribution in [2.24, 2.45) is 0 Å². The molecule has 0 unspecified atom stereocenters. The van der Waals surface area contributed by atoms with Gasteiger partial charge in [-0.15, -0.1) is 22.7 Å². The first-order valence-corrected chi connectivity index (χ1v) is 7.39. The molecule has 7 heteroatoms. The van der Waals surface area contributed by atoms with Crippen LogP contribution >= 0.6 is 22.7 Å². The van der Waals surface area contributed by atoms with Crippen LogP contribution in [0.1, 0.15) is 5.69 Å². The summed E-state index contributed by atoms with van der Waals surface area (Å²) in [4.78, 5) is 4.00. The Bertz CT molecular complexity index is 502. The smallest absolute Gasteiger partial charge is 0.248 e. The average Bonchev–Trinajstić information content (AvgIpc) is 2.88. The molecule has 0 saturated heterocycles. The van der Waals surface area contributed by atoms with Crippen molar-refractivity contribution in [3.8, 4) is 0 Å². The number of hydrogen-bond donors (Lipinski definition) is 1. The molecule has 15 heavy (non-hydrogen) atoms. The van der Waals surface area contributed by atoms with Gasteiger partial charge in [0.25, 0.3) is 0 Å². The number of hydrogen-bond acceptors (Lipinski definition) is 5. The molecular weight excluding hydrogens is 252 g/mol. The first kappa shape index (κ1) is 10.7. The summed E-state index contributed by atoms with van der Waals surface area (Å²) >= 11 is 2.64. The van der Waals surface area contributed by atoms with Crippen molar-refractivity contribution in [1.82, 2.24) is 9.71 Å². The second-order valence-corrected chi connectivity index (χ2v) is 6.40. The minimum atomic E-state index is -3.36. The maximum atomic E-state index is 11.7. The molecule has 2 aromatic rings. The maximum absolute atomic E-state index is 11.7. The standard InChI is InChI=1S/C8H8N2O2S3/c11-15(12,8-2-1-3-14-8)10-4-7-5-13-6-9-7/h1-3,5-6,10H,4H2. The Morgan fingerprint density at radius 3 is 2.93 bits per heavy atom. The Hall–Kier alpha value is -0.760. The fourth-order valence-electron chi connectivity index (χ4n) is 0.981. The van der Waals surface area contributed by atoms with Crippen molar-refractivity contribution in [3.05, 3.63) is 34.1 Å². The summed E-state index contributed by atoms with van der Waals surface area (Å²) in [5.41, 5.74) is 2.41. The number of rotatable bonds is 4. The van der Waals surface area contributed by atoms with Crippen LogP contribution in [0.5, 0.6) is 0 Å². The van der Waals surface area contributed by atoms with Crippen molar-refractivity contribution in [2.45, 2.75) is 10.8 Å². The second kappa shape index (κ2) is 4.40. The minimum Gasteiger partial charge on any atom is -0.248 e. The van der Waals surface area contributed by atoms with Crippen LogP contribution < -0.4 is 4.72 Å². The highest BCUT2D eigenvalue weighted by Gasteiger charge is 2.14. The molecule has 0 aliphatic rings. The monoisotopic (exact) mass is 260 g/mol. The van der Waals surface area contributed by atoms with Gasteiger partial charge in [0.1, 0.15) is 4.21 Å². The van der Waals surface area contributed by atoms with E-state index in [0.29, 0.717) is 4.21 Å². The van der Waals surface area contributed by atoms with Gasteiger partial charge in [0.2, 0.25) is 10.0 Å². The zero-order valence-corrected chi connectivity index (χ0v) is 10.0. The summed E-state index contributed by atoms with van der Waals surface area (Å²) in [5.74, 6) is 0. The molecule has 2 rings (SSSR count). The van der Waals surface area contributed by atoms with Gasteiger partial charge in [-0.1, -0.05) is 6.07 Å². The summed E-state index contributed by atoms with van der Waals surface area (Å²) < 4.78 is 26.1. The molecule has 0 saturated carbocycles. The molecule has 0 aliphatic heterocycles. The summed E-state index contributed by atoms with van der Waals surface area (Å²) in [5, 5.41) is 3.55. The zero-order valence-electron chi connectivity index (χ0n) is 7.58.